The molecule has 11 nitrogen and oxygen atoms in total. The molecular weight excluding hydrogens is 428 g/mol. The summed E-state index contributed by atoms with van der Waals surface area (Å²) >= 11 is 0. The lowest BCUT2D eigenvalue weighted by Gasteiger charge is -2.35. The second-order valence-electron chi connectivity index (χ2n) is 7.94. The summed E-state index contributed by atoms with van der Waals surface area (Å²) in [6, 6.07) is 7.88. The topological polar surface area (TPSA) is 134 Å². The van der Waals surface area contributed by atoms with E-state index in [4.69, 9.17) is 9.47 Å². The van der Waals surface area contributed by atoms with Crippen molar-refractivity contribution in [3.05, 3.63) is 56.5 Å². The number of ether oxygens (including phenoxy) is 2. The molecule has 1 aliphatic rings. The number of methoxy groups -OCH3 is 1. The van der Waals surface area contributed by atoms with Gasteiger partial charge in [-0.25, -0.2) is 9.78 Å². The van der Waals surface area contributed by atoms with Gasteiger partial charge in [-0.05, 0) is 17.7 Å². The zero-order valence-corrected chi connectivity index (χ0v) is 18.7. The highest BCUT2D eigenvalue weighted by atomic mass is 16.5. The fourth-order valence-electron chi connectivity index (χ4n) is 3.97. The molecule has 0 bridgehead atoms. The average molecular weight is 457 g/mol. The van der Waals surface area contributed by atoms with Gasteiger partial charge in [-0.3, -0.25) is 24.0 Å². The number of aryl methyl sites for hydroxylation is 2. The van der Waals surface area contributed by atoms with Gasteiger partial charge in [0.1, 0.15) is 17.1 Å². The van der Waals surface area contributed by atoms with E-state index in [2.05, 4.69) is 25.2 Å². The number of carbonyl (C=O) groups excluding carboxylic acids is 1. The molecule has 33 heavy (non-hydrogen) atoms. The van der Waals surface area contributed by atoms with E-state index in [1.165, 1.54) is 11.6 Å². The first-order valence-corrected chi connectivity index (χ1v) is 10.9. The normalized spacial score (nSPS) is 15.5. The minimum absolute atomic E-state index is 0.0167. The monoisotopic (exact) mass is 456 g/mol. The molecule has 176 valence electrons. The Labute approximate surface area is 189 Å². The molecule has 11 heteroatoms. The van der Waals surface area contributed by atoms with E-state index >= 15 is 0 Å². The molecule has 2 aromatic heterocycles. The summed E-state index contributed by atoms with van der Waals surface area (Å²) in [6.45, 7) is 3.36. The Kier molecular flexibility index (Phi) is 6.90. The van der Waals surface area contributed by atoms with Crippen LogP contribution in [0.15, 0.2) is 33.9 Å². The summed E-state index contributed by atoms with van der Waals surface area (Å²) in [5.41, 5.74) is 0.529. The first kappa shape index (κ1) is 22.7. The van der Waals surface area contributed by atoms with E-state index in [1.807, 2.05) is 24.3 Å². The van der Waals surface area contributed by atoms with Crippen molar-refractivity contribution in [1.29, 1.82) is 0 Å². The Morgan fingerprint density at radius 3 is 2.64 bits per heavy atom. The third-order valence-electron chi connectivity index (χ3n) is 5.87. The number of H-pyrrole nitrogens is 2. The molecule has 3 heterocycles. The molecule has 4 rings (SSSR count). The molecular formula is C22H28N6O5. The van der Waals surface area contributed by atoms with Crippen LogP contribution in [0.5, 0.6) is 5.75 Å². The van der Waals surface area contributed by atoms with Gasteiger partial charge in [-0.1, -0.05) is 12.1 Å². The minimum Gasteiger partial charge on any atom is -0.497 e. The zero-order chi connectivity index (χ0) is 23.4. The van der Waals surface area contributed by atoms with Crippen LogP contribution in [0.25, 0.3) is 11.2 Å². The Morgan fingerprint density at radius 2 is 1.94 bits per heavy atom. The van der Waals surface area contributed by atoms with Crippen molar-refractivity contribution in [3.8, 4) is 5.75 Å². The molecule has 0 saturated carbocycles. The zero-order valence-electron chi connectivity index (χ0n) is 18.7. The van der Waals surface area contributed by atoms with Gasteiger partial charge >= 0.3 is 5.69 Å². The molecule has 1 aliphatic heterocycles. The number of aromatic nitrogens is 4. The van der Waals surface area contributed by atoms with Crippen LogP contribution >= 0.6 is 0 Å². The smallest absolute Gasteiger partial charge is 0.329 e. The van der Waals surface area contributed by atoms with Crippen LogP contribution in [-0.2, 0) is 23.0 Å². The number of aromatic amines is 2. The number of fused-ring (bicyclic) bond motifs is 1. The van der Waals surface area contributed by atoms with Crippen LogP contribution < -0.4 is 21.3 Å². The summed E-state index contributed by atoms with van der Waals surface area (Å²) in [7, 11) is 3.16. The van der Waals surface area contributed by atoms with Crippen molar-refractivity contribution >= 4 is 17.1 Å². The lowest BCUT2D eigenvalue weighted by molar-refractivity contribution is -0.121. The van der Waals surface area contributed by atoms with Gasteiger partial charge in [0.05, 0.1) is 26.4 Å². The highest BCUT2D eigenvalue weighted by Crippen LogP contribution is 2.23. The van der Waals surface area contributed by atoms with Crippen molar-refractivity contribution < 1.29 is 14.3 Å². The minimum atomic E-state index is -0.532. The molecule has 1 atom stereocenters. The van der Waals surface area contributed by atoms with Crippen LogP contribution in [0.2, 0.25) is 0 Å². The second kappa shape index (κ2) is 10.0. The largest absolute Gasteiger partial charge is 0.497 e. The Morgan fingerprint density at radius 1 is 1.21 bits per heavy atom. The van der Waals surface area contributed by atoms with E-state index in [9.17, 15) is 14.4 Å². The fraction of sp³-hybridized carbons (Fsp3) is 0.455. The second-order valence-corrected chi connectivity index (χ2v) is 7.94. The molecule has 3 aromatic rings. The van der Waals surface area contributed by atoms with Gasteiger partial charge in [-0.2, -0.15) is 0 Å². The van der Waals surface area contributed by atoms with Gasteiger partial charge < -0.3 is 19.8 Å². The summed E-state index contributed by atoms with van der Waals surface area (Å²) in [5, 5.41) is 3.03. The Bertz CT molecular complexity index is 1220. The van der Waals surface area contributed by atoms with E-state index in [-0.39, 0.29) is 29.5 Å². The SMILES string of the molecule is COc1ccc(C(CNC(=O)CCc2nc3c([nH]2)c(=O)[nH]c(=O)n3C)N2CCOCC2)cc1. The lowest BCUT2D eigenvalue weighted by Crippen LogP contribution is -2.43. The van der Waals surface area contributed by atoms with Crippen molar-refractivity contribution in [2.45, 2.75) is 18.9 Å². The number of carbonyl (C=O) groups is 1. The predicted molar refractivity (Wildman–Crippen MR) is 121 cm³/mol. The third-order valence-corrected chi connectivity index (χ3v) is 5.87. The summed E-state index contributed by atoms with van der Waals surface area (Å²) in [6.07, 6.45) is 0.517. The highest BCUT2D eigenvalue weighted by Gasteiger charge is 2.23. The van der Waals surface area contributed by atoms with Crippen LogP contribution in [0.4, 0.5) is 0 Å². The number of hydrogen-bond donors (Lipinski definition) is 3. The number of benzene rings is 1. The fourth-order valence-corrected chi connectivity index (χ4v) is 3.97. The maximum absolute atomic E-state index is 12.6. The van der Waals surface area contributed by atoms with Crippen molar-refractivity contribution in [3.63, 3.8) is 0 Å². The first-order chi connectivity index (χ1) is 16.0. The molecule has 1 fully saturated rings. The molecule has 0 aliphatic carbocycles. The maximum atomic E-state index is 12.6. The number of rotatable bonds is 8. The molecule has 1 unspecified atom stereocenters. The van der Waals surface area contributed by atoms with Crippen molar-refractivity contribution in [1.82, 2.24) is 29.7 Å². The van der Waals surface area contributed by atoms with E-state index in [0.717, 1.165) is 24.4 Å². The van der Waals surface area contributed by atoms with E-state index in [0.29, 0.717) is 32.0 Å². The van der Waals surface area contributed by atoms with Crippen molar-refractivity contribution in [2.24, 2.45) is 7.05 Å². The predicted octanol–water partition coefficient (Wildman–Crippen LogP) is 0.0808. The molecule has 0 spiro atoms. The van der Waals surface area contributed by atoms with Gasteiger partial charge in [-0.15, -0.1) is 0 Å². The molecule has 1 aromatic carbocycles. The van der Waals surface area contributed by atoms with E-state index < -0.39 is 11.2 Å². The van der Waals surface area contributed by atoms with E-state index in [1.54, 1.807) is 7.11 Å². The van der Waals surface area contributed by atoms with Crippen LogP contribution in [0.1, 0.15) is 23.9 Å². The molecule has 1 amide bonds. The Balaban J connectivity index is 1.40. The average Bonchev–Trinajstić information content (AvgIpc) is 3.28. The molecule has 3 N–H and O–H groups in total. The number of hydrogen-bond acceptors (Lipinski definition) is 7. The van der Waals surface area contributed by atoms with Gasteiger partial charge in [0.15, 0.2) is 5.65 Å². The van der Waals surface area contributed by atoms with Gasteiger partial charge in [0, 0.05) is 39.5 Å². The van der Waals surface area contributed by atoms with Crippen LogP contribution in [-0.4, -0.2) is 70.3 Å². The van der Waals surface area contributed by atoms with Crippen LogP contribution in [0, 0.1) is 0 Å². The van der Waals surface area contributed by atoms with Crippen molar-refractivity contribution in [2.75, 3.05) is 40.0 Å². The van der Waals surface area contributed by atoms with Gasteiger partial charge in [0.2, 0.25) is 5.91 Å². The number of amides is 1. The van der Waals surface area contributed by atoms with Gasteiger partial charge in [0.25, 0.3) is 5.56 Å². The lowest BCUT2D eigenvalue weighted by atomic mass is 10.0. The molecule has 1 saturated heterocycles. The quantitative estimate of drug-likeness (QED) is 0.437. The number of morpholine rings is 1. The number of imidazole rings is 1. The summed E-state index contributed by atoms with van der Waals surface area (Å²) in [4.78, 5) is 48.0. The molecule has 0 radical (unpaired) electrons. The number of nitrogens with one attached hydrogen (secondary N) is 3. The standard InChI is InChI=1S/C22H28N6O5/c1-27-20-19(21(30)26-22(27)31)24-17(25-20)7-8-18(29)23-13-16(28-9-11-33-12-10-28)14-3-5-15(32-2)6-4-14/h3-6,16H,7-13H2,1-2H3,(H,23,29)(H,24,25)(H,26,30,31). The Hall–Kier alpha value is -3.44. The number of nitrogens with zero attached hydrogens (tertiary/aromatic N) is 3. The third kappa shape index (κ3) is 5.15. The van der Waals surface area contributed by atoms with Crippen LogP contribution in [0.3, 0.4) is 0 Å². The summed E-state index contributed by atoms with van der Waals surface area (Å²) in [5.74, 6) is 1.14. The first-order valence-electron chi connectivity index (χ1n) is 10.9. The highest BCUT2D eigenvalue weighted by molar-refractivity contribution is 5.76. The maximum Gasteiger partial charge on any atom is 0.329 e. The summed E-state index contributed by atoms with van der Waals surface area (Å²) < 4.78 is 12.0.